The van der Waals surface area contributed by atoms with Gasteiger partial charge in [-0.25, -0.2) is 4.90 Å². The van der Waals surface area contributed by atoms with E-state index in [0.29, 0.717) is 33.4 Å². The Morgan fingerprint density at radius 1 is 1.26 bits per heavy atom. The number of halogens is 1. The zero-order chi connectivity index (χ0) is 16.4. The molecule has 3 rings (SSSR count). The Labute approximate surface area is 145 Å². The second-order valence-electron chi connectivity index (χ2n) is 4.56. The Morgan fingerprint density at radius 3 is 2.74 bits per heavy atom. The molecule has 0 atom stereocenters. The van der Waals surface area contributed by atoms with Crippen molar-refractivity contribution in [2.75, 3.05) is 11.5 Å². The van der Waals surface area contributed by atoms with Crippen LogP contribution in [0.1, 0.15) is 12.7 Å². The molecule has 1 aliphatic rings. The molecule has 1 saturated heterocycles. The van der Waals surface area contributed by atoms with Gasteiger partial charge in [0.2, 0.25) is 0 Å². The number of carbonyl (C=O) groups is 2. The molecule has 23 heavy (non-hydrogen) atoms. The molecule has 0 bridgehead atoms. The number of rotatable bonds is 4. The first-order chi connectivity index (χ1) is 11.1. The molecule has 1 fully saturated rings. The SMILES string of the molecule is CCOc1ccccc1N1C(=O)S/C(=C/c2ccc(Br)o2)C1=O. The van der Waals surface area contributed by atoms with E-state index in [4.69, 9.17) is 9.15 Å². The number of nitrogens with zero attached hydrogens (tertiary/aromatic N) is 1. The molecule has 0 aliphatic carbocycles. The fraction of sp³-hybridized carbons (Fsp3) is 0.125. The minimum Gasteiger partial charge on any atom is -0.492 e. The molecule has 1 aromatic carbocycles. The summed E-state index contributed by atoms with van der Waals surface area (Å²) in [4.78, 5) is 26.3. The number of hydrogen-bond acceptors (Lipinski definition) is 5. The van der Waals surface area contributed by atoms with Gasteiger partial charge < -0.3 is 9.15 Å². The van der Waals surface area contributed by atoms with E-state index < -0.39 is 0 Å². The molecular weight excluding hydrogens is 382 g/mol. The van der Waals surface area contributed by atoms with Gasteiger partial charge >= 0.3 is 0 Å². The van der Waals surface area contributed by atoms with Gasteiger partial charge in [-0.2, -0.15) is 0 Å². The minimum absolute atomic E-state index is 0.308. The third-order valence-electron chi connectivity index (χ3n) is 3.07. The average Bonchev–Trinajstić information content (AvgIpc) is 3.05. The molecule has 2 amide bonds. The summed E-state index contributed by atoms with van der Waals surface area (Å²) in [6.07, 6.45) is 1.55. The highest BCUT2D eigenvalue weighted by Crippen LogP contribution is 2.39. The molecule has 2 heterocycles. The third kappa shape index (κ3) is 3.20. The molecule has 5 nitrogen and oxygen atoms in total. The smallest absolute Gasteiger partial charge is 0.298 e. The van der Waals surface area contributed by atoms with Crippen molar-refractivity contribution in [3.05, 3.63) is 51.7 Å². The van der Waals surface area contributed by atoms with Crippen molar-refractivity contribution in [3.63, 3.8) is 0 Å². The van der Waals surface area contributed by atoms with E-state index in [9.17, 15) is 9.59 Å². The van der Waals surface area contributed by atoms with Crippen LogP contribution >= 0.6 is 27.7 Å². The predicted molar refractivity (Wildman–Crippen MR) is 92.5 cm³/mol. The topological polar surface area (TPSA) is 59.8 Å². The molecule has 0 saturated carbocycles. The molecule has 0 spiro atoms. The summed E-state index contributed by atoms with van der Waals surface area (Å²) < 4.78 is 11.4. The second-order valence-corrected chi connectivity index (χ2v) is 6.33. The lowest BCUT2D eigenvalue weighted by atomic mass is 10.2. The number of benzene rings is 1. The molecule has 0 radical (unpaired) electrons. The Hall–Kier alpha value is -1.99. The number of hydrogen-bond donors (Lipinski definition) is 0. The van der Waals surface area contributed by atoms with E-state index in [1.165, 1.54) is 0 Å². The highest BCUT2D eigenvalue weighted by atomic mass is 79.9. The Morgan fingerprint density at radius 2 is 2.04 bits per heavy atom. The molecular formula is C16H12BrNO4S. The van der Waals surface area contributed by atoms with Crippen LogP contribution in [-0.4, -0.2) is 17.8 Å². The highest BCUT2D eigenvalue weighted by Gasteiger charge is 2.37. The normalized spacial score (nSPS) is 16.4. The van der Waals surface area contributed by atoms with E-state index in [2.05, 4.69) is 15.9 Å². The molecule has 1 aromatic heterocycles. The Bertz CT molecular complexity index is 799. The maximum absolute atomic E-state index is 12.6. The van der Waals surface area contributed by atoms with Crippen LogP contribution < -0.4 is 9.64 Å². The van der Waals surface area contributed by atoms with Gasteiger partial charge in [-0.15, -0.1) is 0 Å². The van der Waals surface area contributed by atoms with Crippen LogP contribution in [0.2, 0.25) is 0 Å². The van der Waals surface area contributed by atoms with Gasteiger partial charge in [-0.1, -0.05) is 12.1 Å². The summed E-state index contributed by atoms with van der Waals surface area (Å²) in [5.74, 6) is 0.611. The largest absolute Gasteiger partial charge is 0.492 e. The van der Waals surface area contributed by atoms with E-state index >= 15 is 0 Å². The first-order valence-corrected chi connectivity index (χ1v) is 8.46. The maximum Gasteiger partial charge on any atom is 0.298 e. The molecule has 0 unspecified atom stereocenters. The Kier molecular flexibility index (Phi) is 4.58. The first-order valence-electron chi connectivity index (χ1n) is 6.85. The monoisotopic (exact) mass is 393 g/mol. The van der Waals surface area contributed by atoms with Gasteiger partial charge in [0, 0.05) is 6.08 Å². The van der Waals surface area contributed by atoms with Gasteiger partial charge in [0.15, 0.2) is 4.67 Å². The molecule has 7 heteroatoms. The van der Waals surface area contributed by atoms with Gasteiger partial charge in [0.25, 0.3) is 11.1 Å². The third-order valence-corrected chi connectivity index (χ3v) is 4.36. The zero-order valence-electron chi connectivity index (χ0n) is 12.1. The lowest BCUT2D eigenvalue weighted by Crippen LogP contribution is -2.28. The first kappa shape index (κ1) is 15.9. The maximum atomic E-state index is 12.6. The number of anilines is 1. The summed E-state index contributed by atoms with van der Waals surface area (Å²) in [6, 6.07) is 10.4. The number of para-hydroxylation sites is 2. The van der Waals surface area contributed by atoms with Crippen molar-refractivity contribution in [1.82, 2.24) is 0 Å². The quantitative estimate of drug-likeness (QED) is 0.705. The summed E-state index contributed by atoms with van der Waals surface area (Å²) in [5.41, 5.74) is 0.445. The number of imide groups is 1. The molecule has 0 N–H and O–H groups in total. The van der Waals surface area contributed by atoms with Gasteiger partial charge in [-0.05, 0) is 58.9 Å². The highest BCUT2D eigenvalue weighted by molar-refractivity contribution is 9.10. The fourth-order valence-electron chi connectivity index (χ4n) is 2.13. The Balaban J connectivity index is 1.95. The van der Waals surface area contributed by atoms with Crippen LogP contribution in [0.15, 0.2) is 50.4 Å². The minimum atomic E-state index is -0.389. The van der Waals surface area contributed by atoms with Crippen molar-refractivity contribution in [2.24, 2.45) is 0 Å². The van der Waals surface area contributed by atoms with E-state index in [0.717, 1.165) is 16.7 Å². The summed E-state index contributed by atoms with van der Waals surface area (Å²) in [6.45, 7) is 2.29. The number of furan rings is 1. The van der Waals surface area contributed by atoms with Crippen molar-refractivity contribution in [1.29, 1.82) is 0 Å². The van der Waals surface area contributed by atoms with Crippen molar-refractivity contribution >= 4 is 50.6 Å². The molecule has 2 aromatic rings. The fourth-order valence-corrected chi connectivity index (χ4v) is 3.26. The van der Waals surface area contributed by atoms with Crippen molar-refractivity contribution in [3.8, 4) is 5.75 Å². The van der Waals surface area contributed by atoms with E-state index in [-0.39, 0.29) is 11.1 Å². The van der Waals surface area contributed by atoms with Crippen LogP contribution in [0, 0.1) is 0 Å². The summed E-state index contributed by atoms with van der Waals surface area (Å²) >= 11 is 4.08. The lowest BCUT2D eigenvalue weighted by molar-refractivity contribution is -0.113. The standard InChI is InChI=1S/C16H12BrNO4S/c1-2-21-12-6-4-3-5-11(12)18-15(19)13(23-16(18)20)9-10-7-8-14(17)22-10/h3-9H,2H2,1H3/b13-9+. The van der Waals surface area contributed by atoms with E-state index in [1.54, 1.807) is 42.5 Å². The number of amides is 2. The van der Waals surface area contributed by atoms with Gasteiger partial charge in [0.1, 0.15) is 11.5 Å². The lowest BCUT2D eigenvalue weighted by Gasteiger charge is -2.16. The van der Waals surface area contributed by atoms with Crippen LogP contribution in [0.3, 0.4) is 0 Å². The van der Waals surface area contributed by atoms with Crippen LogP contribution in [0.5, 0.6) is 5.75 Å². The van der Waals surface area contributed by atoms with E-state index in [1.807, 2.05) is 6.92 Å². The second kappa shape index (κ2) is 6.64. The summed E-state index contributed by atoms with van der Waals surface area (Å²) in [7, 11) is 0. The van der Waals surface area contributed by atoms with Crippen LogP contribution in [0.25, 0.3) is 6.08 Å². The van der Waals surface area contributed by atoms with Crippen LogP contribution in [0.4, 0.5) is 10.5 Å². The predicted octanol–water partition coefficient (Wildman–Crippen LogP) is 4.68. The van der Waals surface area contributed by atoms with Crippen molar-refractivity contribution in [2.45, 2.75) is 6.92 Å². The summed E-state index contributed by atoms with van der Waals surface area (Å²) in [5, 5.41) is -0.362. The van der Waals surface area contributed by atoms with Crippen molar-refractivity contribution < 1.29 is 18.7 Å². The molecule has 1 aliphatic heterocycles. The van der Waals surface area contributed by atoms with Crippen LogP contribution in [-0.2, 0) is 4.79 Å². The molecule has 118 valence electrons. The zero-order valence-corrected chi connectivity index (χ0v) is 14.5. The number of carbonyl (C=O) groups excluding carboxylic acids is 2. The van der Waals surface area contributed by atoms with Gasteiger partial charge in [-0.3, -0.25) is 9.59 Å². The number of ether oxygens (including phenoxy) is 1. The average molecular weight is 394 g/mol. The van der Waals surface area contributed by atoms with Gasteiger partial charge in [0.05, 0.1) is 17.2 Å². The number of thioether (sulfide) groups is 1.